The number of aliphatic hydroxyl groups excluding tert-OH is 1. The first kappa shape index (κ1) is 22.6. The van der Waals surface area contributed by atoms with Gasteiger partial charge in [-0.2, -0.15) is 0 Å². The van der Waals surface area contributed by atoms with Gasteiger partial charge in [-0.3, -0.25) is 0 Å². The van der Waals surface area contributed by atoms with E-state index in [0.29, 0.717) is 18.1 Å². The van der Waals surface area contributed by atoms with Gasteiger partial charge in [0.25, 0.3) is 0 Å². The molecule has 6 nitrogen and oxygen atoms in total. The summed E-state index contributed by atoms with van der Waals surface area (Å²) in [7, 11) is 1.68. The summed E-state index contributed by atoms with van der Waals surface area (Å²) in [5.41, 5.74) is 2.87. The first-order valence-corrected chi connectivity index (χ1v) is 10.4. The Labute approximate surface area is 183 Å². The topological polar surface area (TPSA) is 76.8 Å². The number of nitrogens with one attached hydrogen (secondary N) is 1. The maximum Gasteiger partial charge on any atom is 0.159 e. The molecule has 0 saturated heterocycles. The van der Waals surface area contributed by atoms with Crippen molar-refractivity contribution in [2.24, 2.45) is 0 Å². The molecule has 164 valence electrons. The molecule has 0 aliphatic heterocycles. The molecule has 31 heavy (non-hydrogen) atoms. The molecule has 0 aliphatic rings. The Balaban J connectivity index is 1.48. The summed E-state index contributed by atoms with van der Waals surface area (Å²) in [6.07, 6.45) is 3.94. The van der Waals surface area contributed by atoms with E-state index < -0.39 is 6.10 Å². The Morgan fingerprint density at radius 2 is 1.84 bits per heavy atom. The van der Waals surface area contributed by atoms with Crippen LogP contribution < -0.4 is 14.8 Å². The lowest BCUT2D eigenvalue weighted by molar-refractivity contribution is 0.104. The standard InChI is InChI=1S/C25H30N2O4/c1-18(14-21-9-5-6-10-24(21)29-3)26-16-22(28)17-30-25-11-7-4-8-20(25)12-13-23-15-19(2)27-31-23/h4-13,15,18,22,26,28H,14,16-17H2,1-3H3/b13-12-. The largest absolute Gasteiger partial charge is 0.496 e. The Morgan fingerprint density at radius 1 is 1.10 bits per heavy atom. The van der Waals surface area contributed by atoms with Crippen LogP contribution in [0.25, 0.3) is 12.2 Å². The van der Waals surface area contributed by atoms with Crippen molar-refractivity contribution in [3.05, 3.63) is 77.2 Å². The molecule has 1 heterocycles. The number of methoxy groups -OCH3 is 1. The number of aliphatic hydroxyl groups is 1. The number of hydrogen-bond acceptors (Lipinski definition) is 6. The molecular formula is C25H30N2O4. The van der Waals surface area contributed by atoms with Gasteiger partial charge in [0.1, 0.15) is 24.2 Å². The predicted molar refractivity (Wildman–Crippen MR) is 122 cm³/mol. The van der Waals surface area contributed by atoms with E-state index in [1.807, 2.05) is 67.6 Å². The molecule has 0 fully saturated rings. The zero-order valence-corrected chi connectivity index (χ0v) is 18.2. The van der Waals surface area contributed by atoms with E-state index >= 15 is 0 Å². The molecule has 2 unspecified atom stereocenters. The number of ether oxygens (including phenoxy) is 2. The van der Waals surface area contributed by atoms with Gasteiger partial charge in [-0.25, -0.2) is 0 Å². The average Bonchev–Trinajstić information content (AvgIpc) is 3.20. The highest BCUT2D eigenvalue weighted by molar-refractivity contribution is 5.70. The highest BCUT2D eigenvalue weighted by Gasteiger charge is 2.11. The summed E-state index contributed by atoms with van der Waals surface area (Å²) in [5, 5.41) is 17.6. The van der Waals surface area contributed by atoms with Crippen LogP contribution in [0, 0.1) is 6.92 Å². The minimum Gasteiger partial charge on any atom is -0.496 e. The van der Waals surface area contributed by atoms with Crippen LogP contribution in [-0.2, 0) is 6.42 Å². The van der Waals surface area contributed by atoms with Crippen molar-refractivity contribution in [3.8, 4) is 11.5 Å². The number of rotatable bonds is 11. The monoisotopic (exact) mass is 422 g/mol. The van der Waals surface area contributed by atoms with Gasteiger partial charge in [0, 0.05) is 24.2 Å². The molecule has 3 rings (SSSR count). The smallest absolute Gasteiger partial charge is 0.159 e. The minimum atomic E-state index is -0.630. The lowest BCUT2D eigenvalue weighted by atomic mass is 10.1. The lowest BCUT2D eigenvalue weighted by Crippen LogP contribution is -2.37. The first-order chi connectivity index (χ1) is 15.0. The second-order valence-corrected chi connectivity index (χ2v) is 7.53. The third kappa shape index (κ3) is 6.98. The number of aryl methyl sites for hydroxylation is 1. The Kier molecular flexibility index (Phi) is 8.27. The van der Waals surface area contributed by atoms with Crippen molar-refractivity contribution in [1.82, 2.24) is 10.5 Å². The normalized spacial score (nSPS) is 13.3. The number of hydrogen-bond donors (Lipinski definition) is 2. The van der Waals surface area contributed by atoms with Gasteiger partial charge in [-0.05, 0) is 50.1 Å². The van der Waals surface area contributed by atoms with Gasteiger partial charge in [0.2, 0.25) is 0 Å². The second-order valence-electron chi connectivity index (χ2n) is 7.53. The molecule has 3 aromatic rings. The van der Waals surface area contributed by atoms with Crippen LogP contribution in [0.15, 0.2) is 59.1 Å². The SMILES string of the molecule is COc1ccccc1CC(C)NCC(O)COc1ccccc1/C=C\c1cc(C)no1. The zero-order valence-electron chi connectivity index (χ0n) is 18.2. The van der Waals surface area contributed by atoms with Crippen LogP contribution in [-0.4, -0.2) is 42.7 Å². The lowest BCUT2D eigenvalue weighted by Gasteiger charge is -2.19. The number of nitrogens with zero attached hydrogens (tertiary/aromatic N) is 1. The van der Waals surface area contributed by atoms with E-state index in [0.717, 1.165) is 29.0 Å². The average molecular weight is 423 g/mol. The molecule has 0 radical (unpaired) electrons. The van der Waals surface area contributed by atoms with Crippen LogP contribution >= 0.6 is 0 Å². The number of benzene rings is 2. The van der Waals surface area contributed by atoms with Crippen LogP contribution in [0.3, 0.4) is 0 Å². The van der Waals surface area contributed by atoms with E-state index in [4.69, 9.17) is 14.0 Å². The third-order valence-electron chi connectivity index (χ3n) is 4.84. The van der Waals surface area contributed by atoms with Crippen molar-refractivity contribution < 1.29 is 19.1 Å². The van der Waals surface area contributed by atoms with Crippen molar-refractivity contribution in [1.29, 1.82) is 0 Å². The molecule has 0 amide bonds. The van der Waals surface area contributed by atoms with Gasteiger partial charge < -0.3 is 24.4 Å². The Bertz CT molecular complexity index is 983. The molecule has 0 aliphatic carbocycles. The van der Waals surface area contributed by atoms with Gasteiger partial charge in [-0.1, -0.05) is 41.6 Å². The molecule has 6 heteroatoms. The fourth-order valence-corrected chi connectivity index (χ4v) is 3.24. The molecule has 0 spiro atoms. The van der Waals surface area contributed by atoms with Gasteiger partial charge in [-0.15, -0.1) is 0 Å². The van der Waals surface area contributed by atoms with Crippen molar-refractivity contribution in [2.45, 2.75) is 32.4 Å². The zero-order chi connectivity index (χ0) is 22.1. The summed E-state index contributed by atoms with van der Waals surface area (Å²) in [4.78, 5) is 0. The molecule has 1 aromatic heterocycles. The van der Waals surface area contributed by atoms with Crippen LogP contribution in [0.2, 0.25) is 0 Å². The summed E-state index contributed by atoms with van der Waals surface area (Å²) < 4.78 is 16.5. The van der Waals surface area contributed by atoms with Crippen molar-refractivity contribution in [3.63, 3.8) is 0 Å². The van der Waals surface area contributed by atoms with E-state index in [9.17, 15) is 5.11 Å². The molecule has 2 N–H and O–H groups in total. The van der Waals surface area contributed by atoms with Gasteiger partial charge >= 0.3 is 0 Å². The van der Waals surface area contributed by atoms with Crippen molar-refractivity contribution in [2.75, 3.05) is 20.3 Å². The maximum atomic E-state index is 10.4. The van der Waals surface area contributed by atoms with E-state index in [1.165, 1.54) is 0 Å². The summed E-state index contributed by atoms with van der Waals surface area (Å²) in [6, 6.07) is 17.7. The molecular weight excluding hydrogens is 392 g/mol. The van der Waals surface area contributed by atoms with Crippen molar-refractivity contribution >= 4 is 12.2 Å². The Hall–Kier alpha value is -3.09. The Morgan fingerprint density at radius 3 is 2.58 bits per heavy atom. The minimum absolute atomic E-state index is 0.187. The summed E-state index contributed by atoms with van der Waals surface area (Å²) >= 11 is 0. The highest BCUT2D eigenvalue weighted by Crippen LogP contribution is 2.21. The highest BCUT2D eigenvalue weighted by atomic mass is 16.5. The van der Waals surface area contributed by atoms with Gasteiger partial charge in [0.05, 0.1) is 12.8 Å². The first-order valence-electron chi connectivity index (χ1n) is 10.4. The maximum absolute atomic E-state index is 10.4. The fraction of sp³-hybridized carbons (Fsp3) is 0.320. The van der Waals surface area contributed by atoms with Gasteiger partial charge in [0.15, 0.2) is 5.76 Å². The fourth-order valence-electron chi connectivity index (χ4n) is 3.24. The van der Waals surface area contributed by atoms with Crippen LogP contribution in [0.1, 0.15) is 29.5 Å². The molecule has 2 atom stereocenters. The van der Waals surface area contributed by atoms with Crippen LogP contribution in [0.4, 0.5) is 0 Å². The molecule has 0 saturated carbocycles. The quantitative estimate of drug-likeness (QED) is 0.484. The van der Waals surface area contributed by atoms with E-state index in [2.05, 4.69) is 23.5 Å². The number of para-hydroxylation sites is 2. The summed E-state index contributed by atoms with van der Waals surface area (Å²) in [5.74, 6) is 2.27. The third-order valence-corrected chi connectivity index (χ3v) is 4.84. The molecule has 2 aromatic carbocycles. The van der Waals surface area contributed by atoms with Crippen LogP contribution in [0.5, 0.6) is 11.5 Å². The number of aromatic nitrogens is 1. The second kappa shape index (κ2) is 11.3. The van der Waals surface area contributed by atoms with E-state index in [-0.39, 0.29) is 12.6 Å². The predicted octanol–water partition coefficient (Wildman–Crippen LogP) is 4.12. The molecule has 0 bridgehead atoms. The summed E-state index contributed by atoms with van der Waals surface area (Å²) in [6.45, 7) is 4.60. The van der Waals surface area contributed by atoms with E-state index in [1.54, 1.807) is 7.11 Å².